The molecule has 0 fully saturated rings. The van der Waals surface area contributed by atoms with Crippen molar-refractivity contribution in [3.05, 3.63) is 35.5 Å². The largest absolute Gasteiger partial charge is 0.338 e. The van der Waals surface area contributed by atoms with Crippen LogP contribution in [-0.4, -0.2) is 14.5 Å². The van der Waals surface area contributed by atoms with Gasteiger partial charge in [-0.05, 0) is 19.1 Å². The van der Waals surface area contributed by atoms with Gasteiger partial charge < -0.3 is 4.57 Å². The molecule has 0 bridgehead atoms. The Labute approximate surface area is 87.4 Å². The Bertz CT molecular complexity index is 425. The zero-order chi connectivity index (χ0) is 10.1. The number of rotatable bonds is 1. The van der Waals surface area contributed by atoms with Gasteiger partial charge in [-0.15, -0.1) is 0 Å². The van der Waals surface area contributed by atoms with Gasteiger partial charge in [0.25, 0.3) is 0 Å². The fraction of sp³-hybridized carbons (Fsp3) is 0.200. The molecule has 72 valence electrons. The van der Waals surface area contributed by atoms with Crippen LogP contribution in [-0.2, 0) is 7.05 Å². The number of nitrogens with zero attached hydrogens (tertiary/aromatic N) is 3. The lowest BCUT2D eigenvalue weighted by Gasteiger charge is -1.94. The number of imidazole rings is 1. The summed E-state index contributed by atoms with van der Waals surface area (Å²) in [6, 6.07) is 3.68. The summed E-state index contributed by atoms with van der Waals surface area (Å²) in [4.78, 5) is 8.40. The summed E-state index contributed by atoms with van der Waals surface area (Å²) < 4.78 is 1.98. The highest BCUT2D eigenvalue weighted by Gasteiger charge is 2.03. The first-order valence-electron chi connectivity index (χ1n) is 4.29. The maximum Gasteiger partial charge on any atom is 0.129 e. The van der Waals surface area contributed by atoms with E-state index in [1.54, 1.807) is 12.3 Å². The van der Waals surface area contributed by atoms with Crippen LogP contribution in [0.4, 0.5) is 0 Å². The lowest BCUT2D eigenvalue weighted by atomic mass is 10.2. The molecule has 3 nitrogen and oxygen atoms in total. The van der Waals surface area contributed by atoms with Gasteiger partial charge in [-0.1, -0.05) is 11.6 Å². The van der Waals surface area contributed by atoms with Gasteiger partial charge in [0.15, 0.2) is 0 Å². The number of hydrogen-bond donors (Lipinski definition) is 0. The molecule has 0 radical (unpaired) electrons. The van der Waals surface area contributed by atoms with E-state index in [4.69, 9.17) is 11.6 Å². The average molecular weight is 208 g/mol. The summed E-state index contributed by atoms with van der Waals surface area (Å²) in [6.45, 7) is 1.97. The molecule has 0 N–H and O–H groups in total. The molecule has 0 spiro atoms. The smallest absolute Gasteiger partial charge is 0.129 e. The van der Waals surface area contributed by atoms with E-state index in [1.807, 2.05) is 30.8 Å². The predicted octanol–water partition coefficient (Wildman–Crippen LogP) is 2.44. The van der Waals surface area contributed by atoms with E-state index in [2.05, 4.69) is 9.97 Å². The van der Waals surface area contributed by atoms with Crippen LogP contribution < -0.4 is 0 Å². The lowest BCUT2D eigenvalue weighted by molar-refractivity contribution is 0.858. The van der Waals surface area contributed by atoms with Gasteiger partial charge >= 0.3 is 0 Å². The molecule has 2 rings (SSSR count). The van der Waals surface area contributed by atoms with Crippen LogP contribution >= 0.6 is 11.6 Å². The van der Waals surface area contributed by atoms with Gasteiger partial charge in [-0.3, -0.25) is 0 Å². The summed E-state index contributed by atoms with van der Waals surface area (Å²) >= 11 is 5.70. The molecule has 2 aromatic heterocycles. The molecule has 2 aromatic rings. The second-order valence-electron chi connectivity index (χ2n) is 3.15. The monoisotopic (exact) mass is 207 g/mol. The maximum atomic E-state index is 5.70. The highest BCUT2D eigenvalue weighted by Crippen LogP contribution is 2.18. The molecule has 0 amide bonds. The Morgan fingerprint density at radius 3 is 2.64 bits per heavy atom. The molecule has 0 atom stereocenters. The summed E-state index contributed by atoms with van der Waals surface area (Å²) in [7, 11) is 1.97. The van der Waals surface area contributed by atoms with Crippen molar-refractivity contribution in [3.8, 4) is 11.3 Å². The fourth-order valence-electron chi connectivity index (χ4n) is 1.23. The van der Waals surface area contributed by atoms with Crippen molar-refractivity contribution in [2.75, 3.05) is 0 Å². The Kier molecular flexibility index (Phi) is 2.25. The molecule has 4 heteroatoms. The third-order valence-electron chi connectivity index (χ3n) is 2.13. The van der Waals surface area contributed by atoms with Gasteiger partial charge in [0.05, 0.1) is 5.69 Å². The van der Waals surface area contributed by atoms with E-state index in [0.717, 1.165) is 17.1 Å². The van der Waals surface area contributed by atoms with Crippen LogP contribution in [0.1, 0.15) is 5.82 Å². The minimum absolute atomic E-state index is 0.501. The van der Waals surface area contributed by atoms with Crippen LogP contribution in [0.2, 0.25) is 5.15 Å². The van der Waals surface area contributed by atoms with Gasteiger partial charge in [0.1, 0.15) is 11.0 Å². The van der Waals surface area contributed by atoms with Gasteiger partial charge in [-0.2, -0.15) is 0 Å². The van der Waals surface area contributed by atoms with Gasteiger partial charge in [-0.25, -0.2) is 9.97 Å². The SMILES string of the molecule is Cc1nc(-c2ccc(Cl)nc2)cn1C. The van der Waals surface area contributed by atoms with Crippen LogP contribution in [0.5, 0.6) is 0 Å². The van der Waals surface area contributed by atoms with Gasteiger partial charge in [0.2, 0.25) is 0 Å². The molecule has 0 saturated heterocycles. The minimum atomic E-state index is 0.501. The van der Waals surface area contributed by atoms with Crippen LogP contribution in [0.3, 0.4) is 0 Å². The van der Waals surface area contributed by atoms with E-state index in [-0.39, 0.29) is 0 Å². The lowest BCUT2D eigenvalue weighted by Crippen LogP contribution is -1.86. The molecule has 0 unspecified atom stereocenters. The number of pyridine rings is 1. The second kappa shape index (κ2) is 3.42. The average Bonchev–Trinajstić information content (AvgIpc) is 2.48. The van der Waals surface area contributed by atoms with Crippen molar-refractivity contribution in [2.24, 2.45) is 7.05 Å². The molecule has 2 heterocycles. The maximum absolute atomic E-state index is 5.70. The predicted molar refractivity (Wildman–Crippen MR) is 56.2 cm³/mol. The van der Waals surface area contributed by atoms with E-state index < -0.39 is 0 Å². The first-order chi connectivity index (χ1) is 6.66. The van der Waals surface area contributed by atoms with Crippen LogP contribution in [0.25, 0.3) is 11.3 Å². The molecule has 0 aliphatic heterocycles. The fourth-order valence-corrected chi connectivity index (χ4v) is 1.34. The summed E-state index contributed by atoms with van der Waals surface area (Å²) in [5.41, 5.74) is 1.91. The van der Waals surface area contributed by atoms with Crippen molar-refractivity contribution < 1.29 is 0 Å². The second-order valence-corrected chi connectivity index (χ2v) is 3.54. The van der Waals surface area contributed by atoms with Crippen molar-refractivity contribution in [1.82, 2.24) is 14.5 Å². The van der Waals surface area contributed by atoms with Crippen molar-refractivity contribution in [3.63, 3.8) is 0 Å². The highest BCUT2D eigenvalue weighted by atomic mass is 35.5. The zero-order valence-electron chi connectivity index (χ0n) is 8.03. The first-order valence-corrected chi connectivity index (χ1v) is 4.66. The van der Waals surface area contributed by atoms with Crippen molar-refractivity contribution in [1.29, 1.82) is 0 Å². The molecular formula is C10H10ClN3. The Morgan fingerprint density at radius 2 is 2.14 bits per heavy atom. The normalized spacial score (nSPS) is 10.5. The van der Waals surface area contributed by atoms with Crippen LogP contribution in [0, 0.1) is 6.92 Å². The van der Waals surface area contributed by atoms with Gasteiger partial charge in [0, 0.05) is 25.0 Å². The number of aromatic nitrogens is 3. The first kappa shape index (κ1) is 9.21. The zero-order valence-corrected chi connectivity index (χ0v) is 8.78. The quantitative estimate of drug-likeness (QED) is 0.673. The van der Waals surface area contributed by atoms with Crippen LogP contribution in [0.15, 0.2) is 24.5 Å². The van der Waals surface area contributed by atoms with E-state index in [0.29, 0.717) is 5.15 Å². The van der Waals surface area contributed by atoms with E-state index >= 15 is 0 Å². The molecule has 0 aliphatic rings. The standard InChI is InChI=1S/C10H10ClN3/c1-7-13-9(6-14(7)2)8-3-4-10(11)12-5-8/h3-6H,1-2H3. The molecule has 0 aromatic carbocycles. The number of halogens is 1. The highest BCUT2D eigenvalue weighted by molar-refractivity contribution is 6.29. The number of aryl methyl sites for hydroxylation is 2. The van der Waals surface area contributed by atoms with Crippen molar-refractivity contribution in [2.45, 2.75) is 6.92 Å². The van der Waals surface area contributed by atoms with E-state index in [1.165, 1.54) is 0 Å². The topological polar surface area (TPSA) is 30.7 Å². The minimum Gasteiger partial charge on any atom is -0.338 e. The van der Waals surface area contributed by atoms with Crippen molar-refractivity contribution >= 4 is 11.6 Å². The molecule has 0 aliphatic carbocycles. The number of hydrogen-bond acceptors (Lipinski definition) is 2. The van der Waals surface area contributed by atoms with E-state index in [9.17, 15) is 0 Å². The summed E-state index contributed by atoms with van der Waals surface area (Å²) in [5, 5.41) is 0.501. The molecule has 0 saturated carbocycles. The third-order valence-corrected chi connectivity index (χ3v) is 2.36. The Morgan fingerprint density at radius 1 is 1.36 bits per heavy atom. The Hall–Kier alpha value is -1.35. The molecule has 14 heavy (non-hydrogen) atoms. The molecular weight excluding hydrogens is 198 g/mol. The Balaban J connectivity index is 2.44. The third kappa shape index (κ3) is 1.63. The summed E-state index contributed by atoms with van der Waals surface area (Å²) in [5.74, 6) is 0.981. The summed E-state index contributed by atoms with van der Waals surface area (Å²) in [6.07, 6.45) is 3.70.